The van der Waals surface area contributed by atoms with Crippen LogP contribution in [0.4, 0.5) is 4.79 Å². The van der Waals surface area contributed by atoms with Gasteiger partial charge in [-0.25, -0.2) is 9.59 Å². The third-order valence-electron chi connectivity index (χ3n) is 6.26. The molecule has 2 heterocycles. The lowest BCUT2D eigenvalue weighted by molar-refractivity contribution is -0.139. The molecule has 3 rings (SSSR count). The molecule has 6 nitrogen and oxygen atoms in total. The molecule has 0 aliphatic carbocycles. The van der Waals surface area contributed by atoms with E-state index in [1.807, 2.05) is 19.1 Å². The number of nitrogens with zero attached hydrogens (tertiary/aromatic N) is 2. The summed E-state index contributed by atoms with van der Waals surface area (Å²) in [5.74, 6) is 0.783. The largest absolute Gasteiger partial charge is 0.463 e. The van der Waals surface area contributed by atoms with Crippen LogP contribution in [0.5, 0.6) is 0 Å². The van der Waals surface area contributed by atoms with Crippen molar-refractivity contribution in [2.24, 2.45) is 5.92 Å². The summed E-state index contributed by atoms with van der Waals surface area (Å²) < 4.78 is 5.42. The van der Waals surface area contributed by atoms with Gasteiger partial charge in [-0.05, 0) is 55.8 Å². The number of hydrogen-bond donors (Lipinski definition) is 1. The second-order valence-corrected chi connectivity index (χ2v) is 8.80. The maximum absolute atomic E-state index is 13.0. The molecule has 2 aliphatic heterocycles. The quantitative estimate of drug-likeness (QED) is 0.715. The maximum Gasteiger partial charge on any atom is 0.338 e. The molecular formula is C24H35N3O3. The van der Waals surface area contributed by atoms with Crippen LogP contribution >= 0.6 is 0 Å². The van der Waals surface area contributed by atoms with Crippen molar-refractivity contribution in [3.8, 4) is 0 Å². The van der Waals surface area contributed by atoms with Gasteiger partial charge in [-0.1, -0.05) is 45.0 Å². The van der Waals surface area contributed by atoms with Crippen LogP contribution in [0.1, 0.15) is 63.6 Å². The molecule has 1 atom stereocenters. The Kier molecular flexibility index (Phi) is 7.19. The van der Waals surface area contributed by atoms with Crippen molar-refractivity contribution in [2.75, 3.05) is 33.3 Å². The molecule has 2 amide bonds. The molecular weight excluding hydrogens is 378 g/mol. The predicted octanol–water partition coefficient (Wildman–Crippen LogP) is 4.06. The Morgan fingerprint density at radius 1 is 1.20 bits per heavy atom. The number of likely N-dealkylation sites (N-methyl/N-ethyl adjacent to an activating group) is 1. The average molecular weight is 414 g/mol. The minimum Gasteiger partial charge on any atom is -0.463 e. The summed E-state index contributed by atoms with van der Waals surface area (Å²) in [5.41, 5.74) is 3.40. The van der Waals surface area contributed by atoms with Gasteiger partial charge in [-0.3, -0.25) is 9.80 Å². The fourth-order valence-corrected chi connectivity index (χ4v) is 4.15. The first-order valence-electron chi connectivity index (χ1n) is 11.1. The van der Waals surface area contributed by atoms with E-state index in [1.165, 1.54) is 5.56 Å². The van der Waals surface area contributed by atoms with Crippen LogP contribution < -0.4 is 5.32 Å². The molecule has 0 unspecified atom stereocenters. The zero-order chi connectivity index (χ0) is 21.8. The summed E-state index contributed by atoms with van der Waals surface area (Å²) in [6.45, 7) is 11.2. The molecule has 0 aromatic heterocycles. The van der Waals surface area contributed by atoms with Crippen molar-refractivity contribution in [3.63, 3.8) is 0 Å². The molecule has 0 radical (unpaired) electrons. The minimum absolute atomic E-state index is 0.193. The van der Waals surface area contributed by atoms with Gasteiger partial charge in [0.15, 0.2) is 0 Å². The smallest absolute Gasteiger partial charge is 0.338 e. The first-order valence-corrected chi connectivity index (χ1v) is 11.1. The van der Waals surface area contributed by atoms with Gasteiger partial charge in [-0.15, -0.1) is 0 Å². The molecule has 30 heavy (non-hydrogen) atoms. The molecule has 1 fully saturated rings. The van der Waals surface area contributed by atoms with Crippen molar-refractivity contribution >= 4 is 12.0 Å². The number of piperidine rings is 1. The minimum atomic E-state index is -0.507. The van der Waals surface area contributed by atoms with Crippen LogP contribution in [-0.2, 0) is 9.53 Å². The van der Waals surface area contributed by atoms with Crippen LogP contribution in [0.15, 0.2) is 35.5 Å². The van der Waals surface area contributed by atoms with E-state index >= 15 is 0 Å². The molecule has 0 saturated carbocycles. The lowest BCUT2D eigenvalue weighted by Gasteiger charge is -2.38. The lowest BCUT2D eigenvalue weighted by atomic mass is 9.92. The van der Waals surface area contributed by atoms with E-state index in [2.05, 4.69) is 43.1 Å². The maximum atomic E-state index is 13.0. The number of esters is 1. The molecule has 164 valence electrons. The lowest BCUT2D eigenvalue weighted by Crippen LogP contribution is -2.50. The molecule has 1 N–H and O–H groups in total. The summed E-state index contributed by atoms with van der Waals surface area (Å²) in [7, 11) is 1.73. The van der Waals surface area contributed by atoms with E-state index in [9.17, 15) is 9.59 Å². The number of rotatable bonds is 6. The van der Waals surface area contributed by atoms with Crippen molar-refractivity contribution in [1.82, 2.24) is 15.1 Å². The molecule has 1 aromatic rings. The highest BCUT2D eigenvalue weighted by atomic mass is 16.5. The Balaban J connectivity index is 1.99. The standard InChI is InChI=1S/C24H35N3O3/c1-6-30-23(28)21-20(15-27-13-11-17(4)12-14-27)26(5)24(29)25-22(21)19-9-7-18(8-10-19)16(2)3/h7-10,16-17,22H,6,11-15H2,1-5H3,(H,25,29)/t22-/m0/s1. The average Bonchev–Trinajstić information content (AvgIpc) is 2.73. The molecule has 1 saturated heterocycles. The van der Waals surface area contributed by atoms with Crippen LogP contribution in [0, 0.1) is 5.92 Å². The van der Waals surface area contributed by atoms with Crippen LogP contribution in [-0.4, -0.2) is 55.1 Å². The van der Waals surface area contributed by atoms with Gasteiger partial charge in [0.1, 0.15) is 0 Å². The number of amides is 2. The highest BCUT2D eigenvalue weighted by Gasteiger charge is 2.37. The van der Waals surface area contributed by atoms with Crippen LogP contribution in [0.2, 0.25) is 0 Å². The van der Waals surface area contributed by atoms with Gasteiger partial charge < -0.3 is 10.1 Å². The first kappa shape index (κ1) is 22.3. The Hall–Kier alpha value is -2.34. The second-order valence-electron chi connectivity index (χ2n) is 8.80. The van der Waals surface area contributed by atoms with Crippen LogP contribution in [0.3, 0.4) is 0 Å². The number of benzene rings is 1. The Morgan fingerprint density at radius 3 is 2.40 bits per heavy atom. The number of likely N-dealkylation sites (tertiary alicyclic amines) is 1. The Morgan fingerprint density at radius 2 is 1.83 bits per heavy atom. The number of hydrogen-bond acceptors (Lipinski definition) is 4. The van der Waals surface area contributed by atoms with Gasteiger partial charge in [0, 0.05) is 19.3 Å². The highest BCUT2D eigenvalue weighted by Crippen LogP contribution is 2.32. The van der Waals surface area contributed by atoms with Gasteiger partial charge in [0.05, 0.1) is 18.2 Å². The Bertz CT molecular complexity index is 792. The highest BCUT2D eigenvalue weighted by molar-refractivity contribution is 5.95. The van der Waals surface area contributed by atoms with E-state index < -0.39 is 6.04 Å². The van der Waals surface area contributed by atoms with Gasteiger partial charge in [0.2, 0.25) is 0 Å². The van der Waals surface area contributed by atoms with E-state index in [0.29, 0.717) is 24.6 Å². The number of urea groups is 1. The zero-order valence-electron chi connectivity index (χ0n) is 18.9. The summed E-state index contributed by atoms with van der Waals surface area (Å²) >= 11 is 0. The molecule has 0 bridgehead atoms. The fraction of sp³-hybridized carbons (Fsp3) is 0.583. The topological polar surface area (TPSA) is 61.9 Å². The molecule has 0 spiro atoms. The van der Waals surface area contributed by atoms with Crippen LogP contribution in [0.25, 0.3) is 0 Å². The zero-order valence-corrected chi connectivity index (χ0v) is 18.9. The van der Waals surface area contributed by atoms with E-state index in [4.69, 9.17) is 4.74 Å². The monoisotopic (exact) mass is 413 g/mol. The van der Waals surface area contributed by atoms with Crippen molar-refractivity contribution < 1.29 is 14.3 Å². The second kappa shape index (κ2) is 9.65. The Labute approximate surface area is 180 Å². The van der Waals surface area contributed by atoms with Gasteiger partial charge in [-0.2, -0.15) is 0 Å². The van der Waals surface area contributed by atoms with E-state index in [-0.39, 0.29) is 12.0 Å². The number of carbonyl (C=O) groups is 2. The first-order chi connectivity index (χ1) is 14.3. The normalized spacial score (nSPS) is 21.2. The fourth-order valence-electron chi connectivity index (χ4n) is 4.15. The summed E-state index contributed by atoms with van der Waals surface area (Å²) in [6.07, 6.45) is 2.27. The third-order valence-corrected chi connectivity index (χ3v) is 6.26. The number of carbonyl (C=O) groups excluding carboxylic acids is 2. The van der Waals surface area contributed by atoms with Crippen molar-refractivity contribution in [2.45, 2.75) is 52.5 Å². The summed E-state index contributed by atoms with van der Waals surface area (Å²) in [4.78, 5) is 29.7. The summed E-state index contributed by atoms with van der Waals surface area (Å²) in [5, 5.41) is 3.00. The van der Waals surface area contributed by atoms with E-state index in [1.54, 1.807) is 11.9 Å². The molecule has 1 aromatic carbocycles. The third kappa shape index (κ3) is 4.86. The SMILES string of the molecule is CCOC(=O)C1=C(CN2CCC(C)CC2)N(C)C(=O)N[C@H]1c1ccc(C(C)C)cc1. The van der Waals surface area contributed by atoms with Gasteiger partial charge >= 0.3 is 12.0 Å². The molecule has 6 heteroatoms. The van der Waals surface area contributed by atoms with Crippen molar-refractivity contribution in [3.05, 3.63) is 46.7 Å². The molecule has 2 aliphatic rings. The predicted molar refractivity (Wildman–Crippen MR) is 118 cm³/mol. The number of nitrogens with one attached hydrogen (secondary N) is 1. The van der Waals surface area contributed by atoms with Gasteiger partial charge in [0.25, 0.3) is 0 Å². The van der Waals surface area contributed by atoms with Crippen molar-refractivity contribution in [1.29, 1.82) is 0 Å². The summed E-state index contributed by atoms with van der Waals surface area (Å²) in [6, 6.07) is 7.45. The number of ether oxygens (including phenoxy) is 1. The van der Waals surface area contributed by atoms with E-state index in [0.717, 1.165) is 43.1 Å².